The van der Waals surface area contributed by atoms with Crippen LogP contribution < -0.4 is 15.0 Å². The molecule has 3 aromatic rings. The molecule has 2 aromatic carbocycles. The zero-order valence-electron chi connectivity index (χ0n) is 17.1. The Labute approximate surface area is 190 Å². The summed E-state index contributed by atoms with van der Waals surface area (Å²) in [5.41, 5.74) is 3.29. The third-order valence-corrected chi connectivity index (χ3v) is 5.65. The molecule has 9 heteroatoms. The fourth-order valence-corrected chi connectivity index (χ4v) is 4.15. The molecule has 1 saturated heterocycles. The SMILES string of the molecule is COc1nc2ccccc2nc1CCNC(=O)N1CCN(c2cc(Cl)cc(Cl)c2)CC1. The van der Waals surface area contributed by atoms with E-state index in [0.717, 1.165) is 22.4 Å². The number of aromatic nitrogens is 2. The molecule has 0 bridgehead atoms. The summed E-state index contributed by atoms with van der Waals surface area (Å²) < 4.78 is 5.38. The Morgan fingerprint density at radius 1 is 1.03 bits per heavy atom. The lowest BCUT2D eigenvalue weighted by atomic mass is 10.2. The molecule has 0 saturated carbocycles. The molecular weight excluding hydrogens is 437 g/mol. The van der Waals surface area contributed by atoms with Crippen molar-refractivity contribution in [2.75, 3.05) is 44.7 Å². The topological polar surface area (TPSA) is 70.6 Å². The standard InChI is InChI=1S/C22H23Cl2N5O2/c1-31-21-20(26-18-4-2-3-5-19(18)27-21)6-7-25-22(30)29-10-8-28(9-11-29)17-13-15(23)12-16(24)14-17/h2-5,12-14H,6-11H2,1H3,(H,25,30). The minimum Gasteiger partial charge on any atom is -0.480 e. The number of piperazine rings is 1. The van der Waals surface area contributed by atoms with E-state index in [9.17, 15) is 4.79 Å². The summed E-state index contributed by atoms with van der Waals surface area (Å²) in [5, 5.41) is 4.19. The zero-order chi connectivity index (χ0) is 21.8. The van der Waals surface area contributed by atoms with E-state index in [0.29, 0.717) is 55.1 Å². The van der Waals surface area contributed by atoms with Crippen LogP contribution in [-0.4, -0.2) is 60.7 Å². The van der Waals surface area contributed by atoms with Gasteiger partial charge in [0.15, 0.2) is 0 Å². The third-order valence-electron chi connectivity index (χ3n) is 5.22. The Morgan fingerprint density at radius 2 is 1.68 bits per heavy atom. The van der Waals surface area contributed by atoms with Crippen LogP contribution in [0.25, 0.3) is 11.0 Å². The normalized spacial score (nSPS) is 14.0. The van der Waals surface area contributed by atoms with Crippen molar-refractivity contribution in [3.63, 3.8) is 0 Å². The van der Waals surface area contributed by atoms with Crippen molar-refractivity contribution in [1.82, 2.24) is 20.2 Å². The van der Waals surface area contributed by atoms with Crippen LogP contribution in [0.1, 0.15) is 5.69 Å². The van der Waals surface area contributed by atoms with E-state index < -0.39 is 0 Å². The summed E-state index contributed by atoms with van der Waals surface area (Å²) in [5.74, 6) is 0.488. The number of methoxy groups -OCH3 is 1. The number of hydrogen-bond acceptors (Lipinski definition) is 5. The van der Waals surface area contributed by atoms with Gasteiger partial charge in [-0.15, -0.1) is 0 Å². The number of benzene rings is 2. The molecule has 162 valence electrons. The maximum absolute atomic E-state index is 12.6. The Hall–Kier alpha value is -2.77. The number of amides is 2. The number of ether oxygens (including phenoxy) is 1. The molecular formula is C22H23Cl2N5O2. The van der Waals surface area contributed by atoms with Crippen molar-refractivity contribution in [2.24, 2.45) is 0 Å². The van der Waals surface area contributed by atoms with E-state index in [2.05, 4.69) is 20.2 Å². The van der Waals surface area contributed by atoms with Gasteiger partial charge >= 0.3 is 6.03 Å². The predicted molar refractivity (Wildman–Crippen MR) is 123 cm³/mol. The third kappa shape index (κ3) is 5.11. The van der Waals surface area contributed by atoms with Crippen LogP contribution in [0.5, 0.6) is 5.88 Å². The van der Waals surface area contributed by atoms with Crippen LogP contribution in [0.15, 0.2) is 42.5 Å². The van der Waals surface area contributed by atoms with Crippen molar-refractivity contribution >= 4 is 46.0 Å². The monoisotopic (exact) mass is 459 g/mol. The number of carbonyl (C=O) groups excluding carboxylic acids is 1. The minimum atomic E-state index is -0.0866. The molecule has 0 spiro atoms. The van der Waals surface area contributed by atoms with E-state index in [-0.39, 0.29) is 6.03 Å². The first-order chi connectivity index (χ1) is 15.0. The first-order valence-corrected chi connectivity index (χ1v) is 10.8. The highest BCUT2D eigenvalue weighted by Crippen LogP contribution is 2.26. The highest BCUT2D eigenvalue weighted by atomic mass is 35.5. The fraction of sp³-hybridized carbons (Fsp3) is 0.318. The second kappa shape index (κ2) is 9.58. The van der Waals surface area contributed by atoms with Gasteiger partial charge in [-0.25, -0.2) is 14.8 Å². The number of anilines is 1. The summed E-state index contributed by atoms with van der Waals surface area (Å²) in [6, 6.07) is 13.1. The summed E-state index contributed by atoms with van der Waals surface area (Å²) in [7, 11) is 1.58. The summed E-state index contributed by atoms with van der Waals surface area (Å²) in [6.07, 6.45) is 0.535. The Morgan fingerprint density at radius 3 is 2.32 bits per heavy atom. The number of nitrogens with one attached hydrogen (secondary N) is 1. The van der Waals surface area contributed by atoms with Gasteiger partial charge in [0.1, 0.15) is 5.69 Å². The Bertz CT molecular complexity index is 1070. The molecule has 1 aliphatic heterocycles. The van der Waals surface area contributed by atoms with Gasteiger partial charge in [-0.05, 0) is 30.3 Å². The number of halogens is 2. The summed E-state index contributed by atoms with van der Waals surface area (Å²) in [6.45, 7) is 3.12. The lowest BCUT2D eigenvalue weighted by Gasteiger charge is -2.36. The number of fused-ring (bicyclic) bond motifs is 1. The van der Waals surface area contributed by atoms with Crippen molar-refractivity contribution in [2.45, 2.75) is 6.42 Å². The second-order valence-corrected chi connectivity index (χ2v) is 8.12. The Balaban J connectivity index is 1.30. The summed E-state index contributed by atoms with van der Waals surface area (Å²) >= 11 is 12.2. The van der Waals surface area contributed by atoms with Crippen LogP contribution in [0, 0.1) is 0 Å². The molecule has 0 atom stereocenters. The first-order valence-electron chi connectivity index (χ1n) is 10.1. The molecule has 31 heavy (non-hydrogen) atoms. The van der Waals surface area contributed by atoms with Crippen LogP contribution in [-0.2, 0) is 6.42 Å². The number of hydrogen-bond donors (Lipinski definition) is 1. The average Bonchev–Trinajstić information content (AvgIpc) is 2.78. The quantitative estimate of drug-likeness (QED) is 0.623. The maximum atomic E-state index is 12.6. The summed E-state index contributed by atoms with van der Waals surface area (Å²) in [4.78, 5) is 25.7. The molecule has 1 fully saturated rings. The minimum absolute atomic E-state index is 0.0866. The lowest BCUT2D eigenvalue weighted by Crippen LogP contribution is -2.52. The molecule has 1 aromatic heterocycles. The second-order valence-electron chi connectivity index (χ2n) is 7.25. The lowest BCUT2D eigenvalue weighted by molar-refractivity contribution is 0.194. The van der Waals surface area contributed by atoms with Gasteiger partial charge in [-0.2, -0.15) is 0 Å². The zero-order valence-corrected chi connectivity index (χ0v) is 18.7. The average molecular weight is 460 g/mol. The largest absolute Gasteiger partial charge is 0.480 e. The highest BCUT2D eigenvalue weighted by Gasteiger charge is 2.21. The van der Waals surface area contributed by atoms with Crippen LogP contribution in [0.2, 0.25) is 10.0 Å². The predicted octanol–water partition coefficient (Wildman–Crippen LogP) is 4.02. The van der Waals surface area contributed by atoms with Crippen LogP contribution in [0.3, 0.4) is 0 Å². The smallest absolute Gasteiger partial charge is 0.317 e. The van der Waals surface area contributed by atoms with E-state index in [1.807, 2.05) is 41.3 Å². The van der Waals surface area contributed by atoms with Crippen molar-refractivity contribution in [3.05, 3.63) is 58.2 Å². The van der Waals surface area contributed by atoms with Crippen molar-refractivity contribution in [3.8, 4) is 5.88 Å². The van der Waals surface area contributed by atoms with Crippen molar-refractivity contribution in [1.29, 1.82) is 0 Å². The molecule has 4 rings (SSSR count). The van der Waals surface area contributed by atoms with Gasteiger partial charge in [-0.1, -0.05) is 35.3 Å². The number of para-hydroxylation sites is 2. The fourth-order valence-electron chi connectivity index (χ4n) is 3.64. The van der Waals surface area contributed by atoms with E-state index in [4.69, 9.17) is 27.9 Å². The van der Waals surface area contributed by atoms with Crippen molar-refractivity contribution < 1.29 is 9.53 Å². The van der Waals surface area contributed by atoms with Gasteiger partial charge < -0.3 is 19.9 Å². The molecule has 1 aliphatic rings. The maximum Gasteiger partial charge on any atom is 0.317 e. The van der Waals surface area contributed by atoms with Crippen LogP contribution >= 0.6 is 23.2 Å². The molecule has 2 heterocycles. The molecule has 0 unspecified atom stereocenters. The number of carbonyl (C=O) groups is 1. The molecule has 0 radical (unpaired) electrons. The molecule has 2 amide bonds. The van der Waals surface area contributed by atoms with Gasteiger partial charge in [0.05, 0.1) is 18.1 Å². The Kier molecular flexibility index (Phi) is 6.63. The van der Waals surface area contributed by atoms with Gasteiger partial charge in [-0.3, -0.25) is 0 Å². The van der Waals surface area contributed by atoms with E-state index in [1.165, 1.54) is 0 Å². The van der Waals surface area contributed by atoms with Crippen LogP contribution in [0.4, 0.5) is 10.5 Å². The van der Waals surface area contributed by atoms with E-state index >= 15 is 0 Å². The molecule has 7 nitrogen and oxygen atoms in total. The van der Waals surface area contributed by atoms with Gasteiger partial charge in [0.25, 0.3) is 0 Å². The highest BCUT2D eigenvalue weighted by molar-refractivity contribution is 6.35. The first kappa shape index (κ1) is 21.5. The number of urea groups is 1. The molecule has 0 aliphatic carbocycles. The van der Waals surface area contributed by atoms with E-state index in [1.54, 1.807) is 13.2 Å². The number of rotatable bonds is 5. The van der Waals surface area contributed by atoms with Gasteiger partial charge in [0.2, 0.25) is 5.88 Å². The number of nitrogens with zero attached hydrogens (tertiary/aromatic N) is 4. The molecule has 1 N–H and O–H groups in total. The van der Waals surface area contributed by atoms with Gasteiger partial charge in [0, 0.05) is 54.9 Å².